The topological polar surface area (TPSA) is 65.9 Å². The van der Waals surface area contributed by atoms with Crippen LogP contribution in [-0.2, 0) is 11.3 Å². The van der Waals surface area contributed by atoms with Gasteiger partial charge in [-0.2, -0.15) is 0 Å². The number of ether oxygens (including phenoxy) is 1. The molecule has 0 heterocycles. The Hall–Kier alpha value is -0.860. The molecule has 0 saturated heterocycles. The Morgan fingerprint density at radius 1 is 1.26 bits per heavy atom. The number of nitrogens with zero attached hydrogens (tertiary/aromatic N) is 1. The maximum Gasteiger partial charge on any atom is 0.191 e. The monoisotopic (exact) mass is 435 g/mol. The van der Waals surface area contributed by atoms with Gasteiger partial charge in [0.1, 0.15) is 0 Å². The van der Waals surface area contributed by atoms with Crippen LogP contribution in [-0.4, -0.2) is 42.4 Å². The third kappa shape index (κ3) is 11.3. The third-order valence-corrected chi connectivity index (χ3v) is 2.72. The summed E-state index contributed by atoms with van der Waals surface area (Å²) in [6.45, 7) is 10.1. The van der Waals surface area contributed by atoms with E-state index in [0.717, 1.165) is 12.1 Å². The summed E-state index contributed by atoms with van der Waals surface area (Å²) in [5.41, 5.74) is 1.02. The quantitative estimate of drug-likeness (QED) is 0.350. The Bertz CT molecular complexity index is 447. The number of aliphatic hydroxyl groups is 1. The minimum atomic E-state index is -0.612. The van der Waals surface area contributed by atoms with Crippen molar-refractivity contribution >= 4 is 29.9 Å². The molecule has 1 unspecified atom stereocenters. The molecule has 0 spiro atoms. The van der Waals surface area contributed by atoms with Crippen LogP contribution < -0.4 is 10.6 Å². The Labute approximate surface area is 156 Å². The zero-order valence-electron chi connectivity index (χ0n) is 14.5. The number of benzene rings is 1. The van der Waals surface area contributed by atoms with Crippen LogP contribution in [0.25, 0.3) is 0 Å². The molecule has 1 rings (SSSR count). The van der Waals surface area contributed by atoms with Crippen LogP contribution >= 0.6 is 24.0 Å². The predicted octanol–water partition coefficient (Wildman–Crippen LogP) is 2.54. The van der Waals surface area contributed by atoms with Crippen LogP contribution in [0.3, 0.4) is 0 Å². The number of aliphatic imine (C=N–C) groups is 1. The van der Waals surface area contributed by atoms with Gasteiger partial charge in [-0.25, -0.2) is 0 Å². The first-order chi connectivity index (χ1) is 10.4. The van der Waals surface area contributed by atoms with Crippen molar-refractivity contribution in [2.45, 2.75) is 45.9 Å². The van der Waals surface area contributed by atoms with Crippen LogP contribution in [0.4, 0.5) is 0 Å². The van der Waals surface area contributed by atoms with E-state index in [9.17, 15) is 5.11 Å². The second kappa shape index (κ2) is 11.6. The lowest BCUT2D eigenvalue weighted by Crippen LogP contribution is -2.48. The van der Waals surface area contributed by atoms with Gasteiger partial charge < -0.3 is 20.5 Å². The molecule has 3 N–H and O–H groups in total. The smallest absolute Gasteiger partial charge is 0.191 e. The van der Waals surface area contributed by atoms with Crippen LogP contribution in [0.1, 0.15) is 33.3 Å². The largest absolute Gasteiger partial charge is 0.389 e. The van der Waals surface area contributed by atoms with E-state index in [-0.39, 0.29) is 36.1 Å². The predicted molar refractivity (Wildman–Crippen MR) is 106 cm³/mol. The number of guanidine groups is 1. The van der Waals surface area contributed by atoms with Crippen molar-refractivity contribution in [1.82, 2.24) is 10.6 Å². The van der Waals surface area contributed by atoms with Crippen molar-refractivity contribution in [3.05, 3.63) is 35.9 Å². The number of nitrogens with one attached hydrogen (secondary N) is 2. The molecule has 1 atom stereocenters. The van der Waals surface area contributed by atoms with Gasteiger partial charge in [-0.05, 0) is 33.3 Å². The first-order valence-corrected chi connectivity index (χ1v) is 7.77. The maximum atomic E-state index is 9.95. The molecule has 0 aliphatic carbocycles. The summed E-state index contributed by atoms with van der Waals surface area (Å²) in [6, 6.07) is 9.92. The van der Waals surface area contributed by atoms with Crippen molar-refractivity contribution in [1.29, 1.82) is 0 Å². The summed E-state index contributed by atoms with van der Waals surface area (Å²) in [5.74, 6) is 0.706. The summed E-state index contributed by atoms with van der Waals surface area (Å²) in [5, 5.41) is 16.4. The van der Waals surface area contributed by atoms with Gasteiger partial charge in [-0.15, -0.1) is 24.0 Å². The molecule has 5 nitrogen and oxygen atoms in total. The van der Waals surface area contributed by atoms with Crippen molar-refractivity contribution in [3.63, 3.8) is 0 Å². The van der Waals surface area contributed by atoms with Crippen LogP contribution in [0.15, 0.2) is 35.3 Å². The number of halogens is 1. The normalized spacial score (nSPS) is 13.2. The van der Waals surface area contributed by atoms with Gasteiger partial charge in [0, 0.05) is 12.1 Å². The number of aliphatic hydroxyl groups excluding tert-OH is 1. The highest BCUT2D eigenvalue weighted by molar-refractivity contribution is 14.0. The summed E-state index contributed by atoms with van der Waals surface area (Å²) >= 11 is 0. The molecule has 0 aromatic heterocycles. The van der Waals surface area contributed by atoms with E-state index in [1.807, 2.05) is 37.3 Å². The Kier molecular flexibility index (Phi) is 11.2. The third-order valence-electron chi connectivity index (χ3n) is 2.72. The molecular weight excluding hydrogens is 405 g/mol. The minimum Gasteiger partial charge on any atom is -0.389 e. The molecule has 0 aliphatic rings. The van der Waals surface area contributed by atoms with Crippen molar-refractivity contribution in [3.8, 4) is 0 Å². The Morgan fingerprint density at radius 2 is 1.91 bits per heavy atom. The fourth-order valence-corrected chi connectivity index (χ4v) is 1.80. The lowest BCUT2D eigenvalue weighted by Gasteiger charge is -2.24. The molecule has 23 heavy (non-hydrogen) atoms. The SMILES string of the molecule is CCNC(=NCC(O)COCc1ccccc1)NC(C)(C)C.I. The molecule has 0 aliphatic heterocycles. The zero-order chi connectivity index (χ0) is 16.4. The standard InChI is InChI=1S/C17H29N3O2.HI/c1-5-18-16(20-17(2,3)4)19-11-15(21)13-22-12-14-9-7-6-8-10-14;/h6-10,15,21H,5,11-13H2,1-4H3,(H2,18,19,20);1H. The highest BCUT2D eigenvalue weighted by Crippen LogP contribution is 2.01. The average Bonchev–Trinajstić information content (AvgIpc) is 2.45. The van der Waals surface area contributed by atoms with Gasteiger partial charge in [0.2, 0.25) is 0 Å². The number of hydrogen-bond donors (Lipinski definition) is 3. The molecule has 0 saturated carbocycles. The Balaban J connectivity index is 0.00000484. The summed E-state index contributed by atoms with van der Waals surface area (Å²) < 4.78 is 5.51. The fourth-order valence-electron chi connectivity index (χ4n) is 1.80. The molecule has 0 bridgehead atoms. The van der Waals surface area contributed by atoms with E-state index in [2.05, 4.69) is 36.4 Å². The van der Waals surface area contributed by atoms with Crippen molar-refractivity contribution < 1.29 is 9.84 Å². The lowest BCUT2D eigenvalue weighted by molar-refractivity contribution is 0.0331. The molecule has 0 amide bonds. The van der Waals surface area contributed by atoms with Crippen LogP contribution in [0, 0.1) is 0 Å². The van der Waals surface area contributed by atoms with Gasteiger partial charge in [0.25, 0.3) is 0 Å². The molecule has 0 radical (unpaired) electrons. The zero-order valence-corrected chi connectivity index (χ0v) is 16.8. The van der Waals surface area contributed by atoms with E-state index in [0.29, 0.717) is 19.1 Å². The molecule has 1 aromatic carbocycles. The Morgan fingerprint density at radius 3 is 2.48 bits per heavy atom. The van der Waals surface area contributed by atoms with Crippen molar-refractivity contribution in [2.75, 3.05) is 19.7 Å². The van der Waals surface area contributed by atoms with E-state index in [1.165, 1.54) is 0 Å². The molecular formula is C17H30IN3O2. The van der Waals surface area contributed by atoms with Gasteiger partial charge in [-0.1, -0.05) is 30.3 Å². The second-order valence-corrected chi connectivity index (χ2v) is 6.25. The lowest BCUT2D eigenvalue weighted by atomic mass is 10.1. The number of hydrogen-bond acceptors (Lipinski definition) is 3. The average molecular weight is 435 g/mol. The summed E-state index contributed by atoms with van der Waals surface area (Å²) in [7, 11) is 0. The van der Waals surface area contributed by atoms with Gasteiger partial charge >= 0.3 is 0 Å². The van der Waals surface area contributed by atoms with Gasteiger partial charge in [-0.3, -0.25) is 4.99 Å². The molecule has 0 fully saturated rings. The summed E-state index contributed by atoms with van der Waals surface area (Å²) in [6.07, 6.45) is -0.612. The van der Waals surface area contributed by atoms with Crippen LogP contribution in [0.5, 0.6) is 0 Å². The van der Waals surface area contributed by atoms with E-state index < -0.39 is 6.10 Å². The van der Waals surface area contributed by atoms with E-state index in [4.69, 9.17) is 4.74 Å². The first-order valence-electron chi connectivity index (χ1n) is 7.77. The highest BCUT2D eigenvalue weighted by atomic mass is 127. The highest BCUT2D eigenvalue weighted by Gasteiger charge is 2.12. The van der Waals surface area contributed by atoms with Gasteiger partial charge in [0.15, 0.2) is 5.96 Å². The molecule has 1 aromatic rings. The van der Waals surface area contributed by atoms with Crippen molar-refractivity contribution in [2.24, 2.45) is 4.99 Å². The first kappa shape index (κ1) is 22.1. The molecule has 6 heteroatoms. The second-order valence-electron chi connectivity index (χ2n) is 6.25. The fraction of sp³-hybridized carbons (Fsp3) is 0.588. The van der Waals surface area contributed by atoms with Gasteiger partial charge in [0.05, 0.1) is 25.9 Å². The summed E-state index contributed by atoms with van der Waals surface area (Å²) in [4.78, 5) is 4.39. The van der Waals surface area contributed by atoms with E-state index in [1.54, 1.807) is 0 Å². The number of rotatable bonds is 7. The molecule has 132 valence electrons. The van der Waals surface area contributed by atoms with E-state index >= 15 is 0 Å². The van der Waals surface area contributed by atoms with Crippen LogP contribution in [0.2, 0.25) is 0 Å². The minimum absolute atomic E-state index is 0. The maximum absolute atomic E-state index is 9.95.